The molecule has 1 heterocycles. The topological polar surface area (TPSA) is 80.6 Å². The second-order valence-corrected chi connectivity index (χ2v) is 10.8. The molecular formula is C32H35ClN2O4. The number of halogens is 1. The number of hydrogen-bond acceptors (Lipinski definition) is 3. The van der Waals surface area contributed by atoms with Crippen molar-refractivity contribution in [3.05, 3.63) is 99.2 Å². The lowest BCUT2D eigenvalue weighted by atomic mass is 9.98. The van der Waals surface area contributed by atoms with Crippen LogP contribution in [0.25, 0.3) is 10.9 Å². The first-order valence-electron chi connectivity index (χ1n) is 13.1. The Hall–Kier alpha value is -3.77. The maximum atomic E-state index is 13.2. The van der Waals surface area contributed by atoms with Crippen LogP contribution >= 0.6 is 11.6 Å². The average molecular weight is 547 g/mol. The predicted molar refractivity (Wildman–Crippen MR) is 156 cm³/mol. The second-order valence-electron chi connectivity index (χ2n) is 10.4. The zero-order valence-corrected chi connectivity index (χ0v) is 24.0. The Kier molecular flexibility index (Phi) is 8.36. The third-order valence-corrected chi connectivity index (χ3v) is 7.78. The summed E-state index contributed by atoms with van der Waals surface area (Å²) >= 11 is 6.63. The Morgan fingerprint density at radius 1 is 0.974 bits per heavy atom. The summed E-state index contributed by atoms with van der Waals surface area (Å²) in [5.41, 5.74) is 6.87. The fourth-order valence-electron chi connectivity index (χ4n) is 4.73. The highest BCUT2D eigenvalue weighted by atomic mass is 35.5. The van der Waals surface area contributed by atoms with Crippen molar-refractivity contribution in [3.8, 4) is 5.75 Å². The standard InChI is InChI=1S/C32H35ClN2O4/c1-18(2)23-9-7-10-24(15-23)20(4)34-31(36)25-13-14-28-27(16-25)19(3)21(5)35(28)17-26-11-8-12-29(30(26)33)39-22(6)32(37)38/h7-16,18,20,22H,17H2,1-6H3,(H,34,36)(H,37,38)/t20-,22+/m0/s1. The molecule has 0 aliphatic heterocycles. The van der Waals surface area contributed by atoms with Crippen LogP contribution in [0.3, 0.4) is 0 Å². The minimum absolute atomic E-state index is 0.121. The molecule has 0 radical (unpaired) electrons. The van der Waals surface area contributed by atoms with Gasteiger partial charge < -0.3 is 19.7 Å². The number of nitrogens with zero attached hydrogens (tertiary/aromatic N) is 1. The number of carboxylic acids is 1. The number of amides is 1. The average Bonchev–Trinajstić information content (AvgIpc) is 3.14. The lowest BCUT2D eigenvalue weighted by Crippen LogP contribution is -2.26. The molecule has 204 valence electrons. The van der Waals surface area contributed by atoms with E-state index in [1.165, 1.54) is 12.5 Å². The Morgan fingerprint density at radius 2 is 1.67 bits per heavy atom. The van der Waals surface area contributed by atoms with Crippen LogP contribution in [-0.4, -0.2) is 27.7 Å². The number of benzene rings is 3. The lowest BCUT2D eigenvalue weighted by Gasteiger charge is -2.17. The number of carbonyl (C=O) groups is 2. The van der Waals surface area contributed by atoms with E-state index in [1.54, 1.807) is 12.1 Å². The van der Waals surface area contributed by atoms with Crippen molar-refractivity contribution < 1.29 is 19.4 Å². The zero-order valence-electron chi connectivity index (χ0n) is 23.2. The van der Waals surface area contributed by atoms with E-state index in [-0.39, 0.29) is 11.9 Å². The molecule has 2 N–H and O–H groups in total. The molecule has 0 spiro atoms. The van der Waals surface area contributed by atoms with Gasteiger partial charge in [-0.3, -0.25) is 4.79 Å². The number of ether oxygens (including phenoxy) is 1. The Balaban J connectivity index is 1.59. The van der Waals surface area contributed by atoms with Crippen LogP contribution < -0.4 is 10.1 Å². The third-order valence-electron chi connectivity index (χ3n) is 7.35. The van der Waals surface area contributed by atoms with Gasteiger partial charge in [-0.05, 0) is 80.1 Å². The largest absolute Gasteiger partial charge is 0.479 e. The molecule has 39 heavy (non-hydrogen) atoms. The highest BCUT2D eigenvalue weighted by Gasteiger charge is 2.19. The Labute approximate surface area is 234 Å². The number of nitrogens with one attached hydrogen (secondary N) is 1. The molecule has 4 aromatic rings. The van der Waals surface area contributed by atoms with Crippen molar-refractivity contribution in [2.75, 3.05) is 0 Å². The number of aromatic nitrogens is 1. The molecule has 1 aromatic heterocycles. The summed E-state index contributed by atoms with van der Waals surface area (Å²) in [4.78, 5) is 24.4. The van der Waals surface area contributed by atoms with Crippen LogP contribution in [0.2, 0.25) is 5.02 Å². The zero-order chi connectivity index (χ0) is 28.4. The van der Waals surface area contributed by atoms with Gasteiger partial charge in [-0.25, -0.2) is 4.79 Å². The maximum Gasteiger partial charge on any atom is 0.344 e. The normalized spacial score (nSPS) is 12.9. The number of rotatable bonds is 9. The highest BCUT2D eigenvalue weighted by Crippen LogP contribution is 2.33. The van der Waals surface area contributed by atoms with Crippen molar-refractivity contribution in [1.82, 2.24) is 9.88 Å². The first-order chi connectivity index (χ1) is 18.5. The molecule has 0 unspecified atom stereocenters. The number of aliphatic carboxylic acids is 1. The number of aryl methyl sites for hydroxylation is 1. The molecule has 3 aromatic carbocycles. The van der Waals surface area contributed by atoms with Gasteiger partial charge >= 0.3 is 5.97 Å². The van der Waals surface area contributed by atoms with Gasteiger partial charge in [-0.1, -0.05) is 61.8 Å². The van der Waals surface area contributed by atoms with Crippen LogP contribution in [0, 0.1) is 13.8 Å². The van der Waals surface area contributed by atoms with Gasteiger partial charge in [0.25, 0.3) is 5.91 Å². The van der Waals surface area contributed by atoms with E-state index in [1.807, 2.05) is 57.2 Å². The SMILES string of the molecule is Cc1c(C)n(Cc2cccc(O[C@H](C)C(=O)O)c2Cl)c2ccc(C(=O)N[C@@H](C)c3cccc(C(C)C)c3)cc12. The molecule has 0 saturated heterocycles. The molecular weight excluding hydrogens is 512 g/mol. The number of fused-ring (bicyclic) bond motifs is 1. The quantitative estimate of drug-likeness (QED) is 0.229. The van der Waals surface area contributed by atoms with Crippen molar-refractivity contribution in [3.63, 3.8) is 0 Å². The summed E-state index contributed by atoms with van der Waals surface area (Å²) in [6.45, 7) is 12.3. The van der Waals surface area contributed by atoms with Crippen LogP contribution in [0.5, 0.6) is 5.75 Å². The van der Waals surface area contributed by atoms with Crippen LogP contribution in [0.1, 0.15) is 78.0 Å². The number of carboxylic acid groups (broad SMARTS) is 1. The summed E-state index contributed by atoms with van der Waals surface area (Å²) in [6.07, 6.45) is -1.01. The predicted octanol–water partition coefficient (Wildman–Crippen LogP) is 7.43. The van der Waals surface area contributed by atoms with Crippen LogP contribution in [0.15, 0.2) is 60.7 Å². The molecule has 0 aliphatic carbocycles. The molecule has 0 saturated carbocycles. The monoisotopic (exact) mass is 546 g/mol. The second kappa shape index (κ2) is 11.5. The summed E-state index contributed by atoms with van der Waals surface area (Å²) in [6, 6.07) is 19.3. The van der Waals surface area contributed by atoms with E-state index in [0.717, 1.165) is 33.3 Å². The van der Waals surface area contributed by atoms with Crippen molar-refractivity contribution in [1.29, 1.82) is 0 Å². The number of carbonyl (C=O) groups excluding carboxylic acids is 1. The highest BCUT2D eigenvalue weighted by molar-refractivity contribution is 6.32. The van der Waals surface area contributed by atoms with Gasteiger partial charge in [-0.15, -0.1) is 0 Å². The van der Waals surface area contributed by atoms with Gasteiger partial charge in [-0.2, -0.15) is 0 Å². The minimum atomic E-state index is -1.06. The van der Waals surface area contributed by atoms with Gasteiger partial charge in [0, 0.05) is 28.7 Å². The van der Waals surface area contributed by atoms with E-state index in [0.29, 0.717) is 28.8 Å². The fourth-order valence-corrected chi connectivity index (χ4v) is 4.96. The van der Waals surface area contributed by atoms with E-state index >= 15 is 0 Å². The lowest BCUT2D eigenvalue weighted by molar-refractivity contribution is -0.144. The van der Waals surface area contributed by atoms with Crippen molar-refractivity contribution >= 4 is 34.4 Å². The first kappa shape index (κ1) is 28.2. The van der Waals surface area contributed by atoms with E-state index in [9.17, 15) is 14.7 Å². The van der Waals surface area contributed by atoms with Crippen LogP contribution in [-0.2, 0) is 11.3 Å². The molecule has 0 bridgehead atoms. The molecule has 2 atom stereocenters. The Bertz CT molecular complexity index is 1540. The molecule has 7 heteroatoms. The molecule has 0 aliphatic rings. The van der Waals surface area contributed by atoms with Crippen molar-refractivity contribution in [2.45, 2.75) is 66.2 Å². The molecule has 6 nitrogen and oxygen atoms in total. The van der Waals surface area contributed by atoms with Gasteiger partial charge in [0.15, 0.2) is 6.10 Å². The molecule has 4 rings (SSSR count). The Morgan fingerprint density at radius 3 is 2.36 bits per heavy atom. The van der Waals surface area contributed by atoms with Crippen LogP contribution in [0.4, 0.5) is 0 Å². The van der Waals surface area contributed by atoms with Crippen molar-refractivity contribution in [2.24, 2.45) is 0 Å². The number of hydrogen-bond donors (Lipinski definition) is 2. The summed E-state index contributed by atoms with van der Waals surface area (Å²) in [7, 11) is 0. The summed E-state index contributed by atoms with van der Waals surface area (Å²) in [5.74, 6) is -0.423. The fraction of sp³-hybridized carbons (Fsp3) is 0.312. The van der Waals surface area contributed by atoms with E-state index in [4.69, 9.17) is 16.3 Å². The first-order valence-corrected chi connectivity index (χ1v) is 13.5. The van der Waals surface area contributed by atoms with Gasteiger partial charge in [0.05, 0.1) is 11.1 Å². The molecule has 1 amide bonds. The summed E-state index contributed by atoms with van der Waals surface area (Å²) in [5, 5.41) is 13.7. The maximum absolute atomic E-state index is 13.2. The third kappa shape index (κ3) is 5.96. The summed E-state index contributed by atoms with van der Waals surface area (Å²) < 4.78 is 7.70. The van der Waals surface area contributed by atoms with Gasteiger partial charge in [0.1, 0.15) is 5.75 Å². The van der Waals surface area contributed by atoms with Gasteiger partial charge in [0.2, 0.25) is 0 Å². The van der Waals surface area contributed by atoms with E-state index < -0.39 is 12.1 Å². The molecule has 0 fully saturated rings. The van der Waals surface area contributed by atoms with E-state index in [2.05, 4.69) is 35.9 Å². The smallest absolute Gasteiger partial charge is 0.344 e. The minimum Gasteiger partial charge on any atom is -0.479 e.